The Hall–Kier alpha value is -4.77. The maximum absolute atomic E-state index is 14.2. The first-order chi connectivity index (χ1) is 22.7. The van der Waals surface area contributed by atoms with E-state index in [0.29, 0.717) is 23.5 Å². The van der Waals surface area contributed by atoms with Crippen LogP contribution >= 0.6 is 0 Å². The van der Waals surface area contributed by atoms with E-state index < -0.39 is 37.3 Å². The number of cyclic esters (lactones) is 1. The molecule has 0 fully saturated rings. The van der Waals surface area contributed by atoms with Crippen LogP contribution in [0.15, 0.2) is 65.5 Å². The number of hydrogen-bond donors (Lipinski definition) is 1. The zero-order valence-electron chi connectivity index (χ0n) is 28.3. The van der Waals surface area contributed by atoms with Gasteiger partial charge in [-0.2, -0.15) is 0 Å². The maximum atomic E-state index is 14.2. The quantitative estimate of drug-likeness (QED) is 0.135. The molecule has 2 aromatic heterocycles. The van der Waals surface area contributed by atoms with Crippen molar-refractivity contribution in [1.82, 2.24) is 14.9 Å². The third-order valence-electron chi connectivity index (χ3n) is 9.01. The number of benzene rings is 2. The summed E-state index contributed by atoms with van der Waals surface area (Å²) >= 11 is 0. The lowest BCUT2D eigenvalue weighted by Gasteiger charge is -2.35. The normalized spacial score (nSPS) is 16.8. The van der Waals surface area contributed by atoms with Gasteiger partial charge in [0.2, 0.25) is 5.60 Å². The van der Waals surface area contributed by atoms with E-state index in [1.807, 2.05) is 24.3 Å². The van der Waals surface area contributed by atoms with Gasteiger partial charge >= 0.3 is 18.0 Å². The van der Waals surface area contributed by atoms with E-state index in [9.17, 15) is 19.2 Å². The highest BCUT2D eigenvalue weighted by molar-refractivity contribution is 6.91. The van der Waals surface area contributed by atoms with Gasteiger partial charge in [0.1, 0.15) is 12.2 Å². The number of pyridine rings is 2. The smallest absolute Gasteiger partial charge is 0.407 e. The third kappa shape index (κ3) is 6.03. The second-order valence-corrected chi connectivity index (χ2v) is 18.7. The molecule has 0 saturated carbocycles. The summed E-state index contributed by atoms with van der Waals surface area (Å²) in [6.07, 6.45) is -0.832. The van der Waals surface area contributed by atoms with Crippen LogP contribution in [0.3, 0.4) is 0 Å². The van der Waals surface area contributed by atoms with Gasteiger partial charge in [-0.25, -0.2) is 14.6 Å². The first-order valence-electron chi connectivity index (χ1n) is 16.3. The molecule has 11 heteroatoms. The predicted molar refractivity (Wildman–Crippen MR) is 185 cm³/mol. The highest BCUT2D eigenvalue weighted by Crippen LogP contribution is 2.41. The van der Waals surface area contributed by atoms with Gasteiger partial charge in [0.15, 0.2) is 0 Å². The van der Waals surface area contributed by atoms with Crippen LogP contribution in [-0.4, -0.2) is 47.8 Å². The lowest BCUT2D eigenvalue weighted by Crippen LogP contribution is -2.48. The molecule has 1 N–H and O–H groups in total. The van der Waals surface area contributed by atoms with Crippen LogP contribution in [0.4, 0.5) is 4.79 Å². The van der Waals surface area contributed by atoms with Crippen LogP contribution in [0.2, 0.25) is 13.1 Å². The van der Waals surface area contributed by atoms with Gasteiger partial charge in [-0.05, 0) is 61.5 Å². The number of nitrogens with zero attached hydrogens (tertiary/aromatic N) is 2. The number of fused-ring (bicyclic) bond motifs is 5. The fourth-order valence-corrected chi connectivity index (χ4v) is 10.4. The van der Waals surface area contributed by atoms with Crippen LogP contribution in [-0.2, 0) is 48.6 Å². The van der Waals surface area contributed by atoms with Crippen LogP contribution in [0.1, 0.15) is 62.8 Å². The fraction of sp³-hybridized carbons (Fsp3) is 0.378. The summed E-state index contributed by atoms with van der Waals surface area (Å²) in [7, 11) is -2.17. The Morgan fingerprint density at radius 3 is 2.46 bits per heavy atom. The molecule has 4 heterocycles. The monoisotopic (exact) mass is 667 g/mol. The number of aromatic nitrogens is 2. The van der Waals surface area contributed by atoms with Gasteiger partial charge in [0, 0.05) is 12.1 Å². The summed E-state index contributed by atoms with van der Waals surface area (Å²) < 4.78 is 18.3. The lowest BCUT2D eigenvalue weighted by atomic mass is 9.85. The Morgan fingerprint density at radius 2 is 1.75 bits per heavy atom. The number of esters is 2. The van der Waals surface area contributed by atoms with Gasteiger partial charge in [0.05, 0.1) is 43.5 Å². The molecule has 48 heavy (non-hydrogen) atoms. The van der Waals surface area contributed by atoms with E-state index in [0.717, 1.165) is 22.5 Å². The zero-order chi connectivity index (χ0) is 34.4. The Bertz CT molecular complexity index is 2000. The highest BCUT2D eigenvalue weighted by Gasteiger charge is 2.50. The number of para-hydroxylation sites is 1. The number of ether oxygens (including phenoxy) is 3. The molecule has 2 aliphatic heterocycles. The molecule has 1 amide bonds. The molecule has 4 aromatic rings. The van der Waals surface area contributed by atoms with E-state index in [4.69, 9.17) is 19.2 Å². The Kier molecular flexibility index (Phi) is 8.53. The van der Waals surface area contributed by atoms with Crippen molar-refractivity contribution in [3.05, 3.63) is 93.3 Å². The van der Waals surface area contributed by atoms with Gasteiger partial charge in [-0.3, -0.25) is 9.59 Å². The number of carbonyl (C=O) groups excluding carboxylic acids is 3. The van der Waals surface area contributed by atoms with Gasteiger partial charge in [-0.15, -0.1) is 0 Å². The summed E-state index contributed by atoms with van der Waals surface area (Å²) in [6, 6.07) is 21.2. The van der Waals surface area contributed by atoms with Crippen molar-refractivity contribution in [1.29, 1.82) is 0 Å². The molecule has 1 unspecified atom stereocenters. The second-order valence-electron chi connectivity index (χ2n) is 14.1. The molecular formula is C37H41N3O7Si. The van der Waals surface area contributed by atoms with Crippen molar-refractivity contribution in [3.63, 3.8) is 0 Å². The molecule has 0 spiro atoms. The fourth-order valence-electron chi connectivity index (χ4n) is 6.98. The van der Waals surface area contributed by atoms with Crippen molar-refractivity contribution in [2.24, 2.45) is 0 Å². The number of amides is 1. The van der Waals surface area contributed by atoms with Crippen LogP contribution in [0.5, 0.6) is 0 Å². The molecule has 2 aliphatic rings. The minimum Gasteiger partial charge on any atom is -0.457 e. The van der Waals surface area contributed by atoms with E-state index >= 15 is 0 Å². The third-order valence-corrected chi connectivity index (χ3v) is 12.2. The average molecular weight is 668 g/mol. The Labute approximate surface area is 280 Å². The summed E-state index contributed by atoms with van der Waals surface area (Å²) in [5, 5.41) is 4.88. The highest BCUT2D eigenvalue weighted by atomic mass is 28.3. The van der Waals surface area contributed by atoms with Crippen molar-refractivity contribution >= 4 is 42.2 Å². The van der Waals surface area contributed by atoms with Crippen molar-refractivity contribution in [2.75, 3.05) is 6.54 Å². The minimum atomic E-state index is -2.17. The molecule has 0 aliphatic carbocycles. The molecule has 10 nitrogen and oxygen atoms in total. The average Bonchev–Trinajstić information content (AvgIpc) is 3.38. The van der Waals surface area contributed by atoms with E-state index in [1.165, 1.54) is 10.8 Å². The molecule has 2 aromatic carbocycles. The molecule has 250 valence electrons. The lowest BCUT2D eigenvalue weighted by molar-refractivity contribution is -0.189. The first kappa shape index (κ1) is 33.1. The van der Waals surface area contributed by atoms with Crippen molar-refractivity contribution in [2.45, 2.75) is 84.0 Å². The van der Waals surface area contributed by atoms with Crippen LogP contribution < -0.4 is 16.1 Å². The van der Waals surface area contributed by atoms with Crippen LogP contribution in [0.25, 0.3) is 22.3 Å². The second kappa shape index (κ2) is 12.4. The largest absolute Gasteiger partial charge is 0.457 e. The zero-order valence-corrected chi connectivity index (χ0v) is 29.3. The standard InChI is InChI=1S/C37H41N3O7Si/c1-7-37(46-30(41)17-18-38-35(44)47-36(2,3)4)27-19-29-31-25(20-40(29)33(42)26(27)21-45-34(37)43)32(24-15-11-12-16-28(24)39-31)48(5,6)22-23-13-9-8-10-14-23/h8-16,19H,7,17-18,20-22H2,1-6H3,(H,38,44). The van der Waals surface area contributed by atoms with E-state index in [1.54, 1.807) is 38.3 Å². The van der Waals surface area contributed by atoms with Gasteiger partial charge in [0.25, 0.3) is 5.56 Å². The molecule has 6 rings (SSSR count). The number of nitrogens with one attached hydrogen (secondary N) is 1. The summed E-state index contributed by atoms with van der Waals surface area (Å²) in [4.78, 5) is 58.0. The van der Waals surface area contributed by atoms with Crippen LogP contribution in [0, 0.1) is 0 Å². The SMILES string of the molecule is CCC1(OC(=O)CCNC(=O)OC(C)(C)C)C(=O)OCc2c1cc1n(c2=O)Cc2c-1nc1ccccc1c2[Si](C)(C)Cc1ccccc1. The Balaban J connectivity index is 1.40. The first-order valence-corrected chi connectivity index (χ1v) is 19.5. The maximum Gasteiger partial charge on any atom is 0.407 e. The number of rotatable bonds is 8. The van der Waals surface area contributed by atoms with Gasteiger partial charge in [-0.1, -0.05) is 74.1 Å². The number of alkyl carbamates (subject to hydrolysis) is 1. The molecule has 0 saturated heterocycles. The number of hydrogen-bond acceptors (Lipinski definition) is 8. The summed E-state index contributed by atoms with van der Waals surface area (Å²) in [6.45, 7) is 11.7. The van der Waals surface area contributed by atoms with Crippen molar-refractivity contribution < 1.29 is 28.6 Å². The topological polar surface area (TPSA) is 126 Å². The minimum absolute atomic E-state index is 0.0488. The predicted octanol–water partition coefficient (Wildman–Crippen LogP) is 5.24. The van der Waals surface area contributed by atoms with E-state index in [-0.39, 0.29) is 37.1 Å². The van der Waals surface area contributed by atoms with E-state index in [2.05, 4.69) is 48.7 Å². The van der Waals surface area contributed by atoms with Crippen molar-refractivity contribution in [3.8, 4) is 11.4 Å². The number of carbonyl (C=O) groups is 3. The molecular weight excluding hydrogens is 627 g/mol. The Morgan fingerprint density at radius 1 is 1.04 bits per heavy atom. The molecule has 0 bridgehead atoms. The molecule has 0 radical (unpaired) electrons. The molecule has 1 atom stereocenters. The van der Waals surface area contributed by atoms with Gasteiger partial charge < -0.3 is 24.1 Å². The summed E-state index contributed by atoms with van der Waals surface area (Å²) in [5.41, 5.74) is 2.18. The summed E-state index contributed by atoms with van der Waals surface area (Å²) in [5.74, 6) is -1.46.